The maximum Gasteiger partial charge on any atom is 0.00985 e. The molecule has 0 heterocycles. The van der Waals surface area contributed by atoms with Gasteiger partial charge in [0.1, 0.15) is 0 Å². The maximum absolute atomic E-state index is 4.31. The molecule has 0 nitrogen and oxygen atoms in total. The van der Waals surface area contributed by atoms with E-state index in [4.69, 9.17) is 0 Å². The molecule has 0 spiro atoms. The zero-order valence-corrected chi connectivity index (χ0v) is 12.1. The lowest BCUT2D eigenvalue weighted by molar-refractivity contribution is 0.912. The van der Waals surface area contributed by atoms with Gasteiger partial charge in [-0.1, -0.05) is 18.2 Å². The molecule has 0 amide bonds. The Morgan fingerprint density at radius 2 is 1.33 bits per heavy atom. The van der Waals surface area contributed by atoms with Crippen molar-refractivity contribution in [3.63, 3.8) is 0 Å². The SMILES string of the molecule is Cc1cccc(C)c1S.SCCCCS. The van der Waals surface area contributed by atoms with E-state index < -0.39 is 0 Å². The van der Waals surface area contributed by atoms with Gasteiger partial charge in [0.05, 0.1) is 0 Å². The van der Waals surface area contributed by atoms with Gasteiger partial charge in [-0.25, -0.2) is 0 Å². The lowest BCUT2D eigenvalue weighted by Crippen LogP contribution is -1.78. The molecule has 1 aromatic carbocycles. The first-order chi connectivity index (χ1) is 7.13. The molecule has 0 N–H and O–H groups in total. The van der Waals surface area contributed by atoms with Crippen molar-refractivity contribution in [3.05, 3.63) is 29.3 Å². The first-order valence-electron chi connectivity index (χ1n) is 5.10. The molecule has 0 aliphatic carbocycles. The van der Waals surface area contributed by atoms with Crippen LogP contribution in [0.3, 0.4) is 0 Å². The summed E-state index contributed by atoms with van der Waals surface area (Å²) in [5, 5.41) is 0. The van der Waals surface area contributed by atoms with Gasteiger partial charge >= 0.3 is 0 Å². The van der Waals surface area contributed by atoms with Crippen LogP contribution in [0.25, 0.3) is 0 Å². The first kappa shape index (κ1) is 15.3. The van der Waals surface area contributed by atoms with Crippen LogP contribution < -0.4 is 0 Å². The Morgan fingerprint density at radius 3 is 1.60 bits per heavy atom. The Bertz CT molecular complexity index is 247. The molecule has 3 heteroatoms. The van der Waals surface area contributed by atoms with Gasteiger partial charge in [-0.2, -0.15) is 25.3 Å². The van der Waals surface area contributed by atoms with Gasteiger partial charge in [-0.15, -0.1) is 12.6 Å². The largest absolute Gasteiger partial charge is 0.179 e. The van der Waals surface area contributed by atoms with Crippen molar-refractivity contribution in [2.45, 2.75) is 31.6 Å². The summed E-state index contributed by atoms with van der Waals surface area (Å²) in [7, 11) is 0. The predicted molar refractivity (Wildman–Crippen MR) is 80.1 cm³/mol. The molecule has 0 atom stereocenters. The number of thiol groups is 3. The number of aryl methyl sites for hydroxylation is 2. The van der Waals surface area contributed by atoms with E-state index in [1.165, 1.54) is 24.0 Å². The van der Waals surface area contributed by atoms with Crippen molar-refractivity contribution >= 4 is 37.9 Å². The fourth-order valence-electron chi connectivity index (χ4n) is 1.03. The smallest absolute Gasteiger partial charge is 0.00985 e. The van der Waals surface area contributed by atoms with E-state index in [2.05, 4.69) is 63.9 Å². The van der Waals surface area contributed by atoms with Crippen molar-refractivity contribution < 1.29 is 0 Å². The van der Waals surface area contributed by atoms with Gasteiger partial charge < -0.3 is 0 Å². The highest BCUT2D eigenvalue weighted by Crippen LogP contribution is 2.16. The Labute approximate surface area is 110 Å². The summed E-state index contributed by atoms with van der Waals surface area (Å²) in [5.74, 6) is 2.00. The van der Waals surface area contributed by atoms with Crippen LogP contribution in [-0.2, 0) is 0 Å². The minimum absolute atomic E-state index is 1.00. The molecule has 86 valence electrons. The minimum Gasteiger partial charge on any atom is -0.179 e. The molecular formula is C12H20S3. The summed E-state index contributed by atoms with van der Waals surface area (Å²) in [6, 6.07) is 6.18. The van der Waals surface area contributed by atoms with Gasteiger partial charge in [0.15, 0.2) is 0 Å². The Morgan fingerprint density at radius 1 is 0.933 bits per heavy atom. The highest BCUT2D eigenvalue weighted by Gasteiger charge is 1.92. The summed E-state index contributed by atoms with van der Waals surface area (Å²) in [4.78, 5) is 1.11. The van der Waals surface area contributed by atoms with Crippen LogP contribution >= 0.6 is 37.9 Å². The second kappa shape index (κ2) is 9.49. The lowest BCUT2D eigenvalue weighted by atomic mass is 10.2. The number of hydrogen-bond acceptors (Lipinski definition) is 3. The van der Waals surface area contributed by atoms with Crippen LogP contribution in [0.1, 0.15) is 24.0 Å². The quantitative estimate of drug-likeness (QED) is 0.526. The fourth-order valence-corrected chi connectivity index (χ4v) is 1.63. The zero-order valence-electron chi connectivity index (χ0n) is 9.40. The second-order valence-corrected chi connectivity index (χ2v) is 4.74. The summed E-state index contributed by atoms with van der Waals surface area (Å²) in [6.45, 7) is 4.13. The standard InChI is InChI=1S/C8H10S.C4H10S2/c1-6-4-3-5-7(2)8(6)9;5-3-1-2-4-6/h3-5,9H,1-2H3;5-6H,1-4H2. The average Bonchev–Trinajstić information content (AvgIpc) is 2.24. The number of hydrogen-bond donors (Lipinski definition) is 3. The van der Waals surface area contributed by atoms with Crippen LogP contribution in [0.5, 0.6) is 0 Å². The molecule has 0 aliphatic rings. The van der Waals surface area contributed by atoms with Crippen LogP contribution in [-0.4, -0.2) is 11.5 Å². The van der Waals surface area contributed by atoms with Gasteiger partial charge in [0.25, 0.3) is 0 Å². The number of rotatable bonds is 3. The molecule has 0 aliphatic heterocycles. The molecule has 0 saturated heterocycles. The van der Waals surface area contributed by atoms with Crippen LogP contribution in [0.15, 0.2) is 23.1 Å². The Balaban J connectivity index is 0.000000288. The minimum atomic E-state index is 1.00. The van der Waals surface area contributed by atoms with Crippen LogP contribution in [0, 0.1) is 13.8 Å². The molecule has 15 heavy (non-hydrogen) atoms. The molecule has 1 aromatic rings. The van der Waals surface area contributed by atoms with Crippen molar-refractivity contribution in [2.24, 2.45) is 0 Å². The monoisotopic (exact) mass is 260 g/mol. The lowest BCUT2D eigenvalue weighted by Gasteiger charge is -1.99. The van der Waals surface area contributed by atoms with E-state index in [1.54, 1.807) is 0 Å². The molecule has 0 aromatic heterocycles. The molecule has 0 saturated carbocycles. The first-order valence-corrected chi connectivity index (χ1v) is 6.81. The highest BCUT2D eigenvalue weighted by atomic mass is 32.1. The van der Waals surface area contributed by atoms with Crippen LogP contribution in [0.2, 0.25) is 0 Å². The van der Waals surface area contributed by atoms with Crippen molar-refractivity contribution in [3.8, 4) is 0 Å². The summed E-state index contributed by atoms with van der Waals surface area (Å²) >= 11 is 12.4. The molecule has 0 bridgehead atoms. The molecule has 0 radical (unpaired) electrons. The van der Waals surface area contributed by atoms with E-state index in [9.17, 15) is 0 Å². The van der Waals surface area contributed by atoms with Crippen molar-refractivity contribution in [2.75, 3.05) is 11.5 Å². The number of unbranched alkanes of at least 4 members (excludes halogenated alkanes) is 1. The highest BCUT2D eigenvalue weighted by molar-refractivity contribution is 7.80. The third kappa shape index (κ3) is 7.20. The summed E-state index contributed by atoms with van der Waals surface area (Å²) in [5.41, 5.74) is 2.50. The number of benzene rings is 1. The third-order valence-electron chi connectivity index (χ3n) is 2.01. The van der Waals surface area contributed by atoms with Crippen LogP contribution in [0.4, 0.5) is 0 Å². The van der Waals surface area contributed by atoms with E-state index in [-0.39, 0.29) is 0 Å². The topological polar surface area (TPSA) is 0 Å². The van der Waals surface area contributed by atoms with E-state index >= 15 is 0 Å². The van der Waals surface area contributed by atoms with E-state index in [0.29, 0.717) is 0 Å². The molecule has 1 rings (SSSR count). The van der Waals surface area contributed by atoms with Crippen molar-refractivity contribution in [1.82, 2.24) is 0 Å². The normalized spacial score (nSPS) is 9.40. The zero-order chi connectivity index (χ0) is 11.7. The van der Waals surface area contributed by atoms with E-state index in [0.717, 1.165) is 16.4 Å². The maximum atomic E-state index is 4.31. The predicted octanol–water partition coefficient (Wildman–Crippen LogP) is 4.22. The Hall–Kier alpha value is 0.270. The summed E-state index contributed by atoms with van der Waals surface area (Å²) in [6.07, 6.45) is 2.40. The Kier molecular flexibility index (Phi) is 9.66. The van der Waals surface area contributed by atoms with Gasteiger partial charge in [-0.05, 0) is 49.3 Å². The third-order valence-corrected chi connectivity index (χ3v) is 3.34. The molecular weight excluding hydrogens is 240 g/mol. The average molecular weight is 260 g/mol. The molecule has 0 unspecified atom stereocenters. The van der Waals surface area contributed by atoms with Crippen molar-refractivity contribution in [1.29, 1.82) is 0 Å². The van der Waals surface area contributed by atoms with Gasteiger partial charge in [0.2, 0.25) is 0 Å². The molecule has 0 fully saturated rings. The summed E-state index contributed by atoms with van der Waals surface area (Å²) < 4.78 is 0. The fraction of sp³-hybridized carbons (Fsp3) is 0.500. The van der Waals surface area contributed by atoms with E-state index in [1.807, 2.05) is 6.07 Å². The second-order valence-electron chi connectivity index (χ2n) is 3.39. The van der Waals surface area contributed by atoms with Gasteiger partial charge in [0, 0.05) is 4.90 Å². The van der Waals surface area contributed by atoms with Gasteiger partial charge in [-0.3, -0.25) is 0 Å².